The van der Waals surface area contributed by atoms with Gasteiger partial charge in [0.15, 0.2) is 0 Å². The normalized spacial score (nSPS) is 27.0. The van der Waals surface area contributed by atoms with E-state index >= 15 is 0 Å². The molecule has 2 N–H and O–H groups in total. The van der Waals surface area contributed by atoms with Gasteiger partial charge in [0.2, 0.25) is 5.91 Å². The molecule has 17 heavy (non-hydrogen) atoms. The minimum absolute atomic E-state index is 0.117. The summed E-state index contributed by atoms with van der Waals surface area (Å²) in [6.45, 7) is 10.1. The monoisotopic (exact) mass is 256 g/mol. The number of thiocarbonyl (C=S) groups is 1. The molecule has 3 atom stereocenters. The highest BCUT2D eigenvalue weighted by atomic mass is 32.1. The van der Waals surface area contributed by atoms with Crippen LogP contribution in [0.5, 0.6) is 0 Å². The van der Waals surface area contributed by atoms with Crippen molar-refractivity contribution in [2.24, 2.45) is 29.4 Å². The molecule has 1 aliphatic rings. The number of nitrogens with two attached hydrogens (primary N) is 1. The maximum Gasteiger partial charge on any atom is 0.232 e. The lowest BCUT2D eigenvalue weighted by molar-refractivity contribution is -0.136. The molecule has 0 aromatic carbocycles. The van der Waals surface area contributed by atoms with Crippen molar-refractivity contribution in [2.75, 3.05) is 13.1 Å². The zero-order valence-electron chi connectivity index (χ0n) is 11.3. The Labute approximate surface area is 110 Å². The zero-order chi connectivity index (χ0) is 13.2. The van der Waals surface area contributed by atoms with E-state index in [-0.39, 0.29) is 17.7 Å². The third kappa shape index (κ3) is 3.41. The van der Waals surface area contributed by atoms with E-state index in [2.05, 4.69) is 13.8 Å². The largest absolute Gasteiger partial charge is 0.393 e. The first-order valence-electron chi connectivity index (χ1n) is 6.42. The molecular weight excluding hydrogens is 232 g/mol. The van der Waals surface area contributed by atoms with Crippen LogP contribution in [0.25, 0.3) is 0 Å². The molecule has 3 nitrogen and oxygen atoms in total. The lowest BCUT2D eigenvalue weighted by Crippen LogP contribution is -2.48. The van der Waals surface area contributed by atoms with Gasteiger partial charge in [0.25, 0.3) is 0 Å². The van der Waals surface area contributed by atoms with E-state index < -0.39 is 0 Å². The van der Waals surface area contributed by atoms with Gasteiger partial charge in [-0.05, 0) is 24.2 Å². The number of carbonyl (C=O) groups is 1. The van der Waals surface area contributed by atoms with E-state index in [1.165, 1.54) is 0 Å². The second-order valence-electron chi connectivity index (χ2n) is 5.65. The molecule has 1 aliphatic heterocycles. The standard InChI is InChI=1S/C13H24N2OS/c1-8(2)11(12(14)17)13(16)15-6-5-9(3)10(4)7-15/h8-11H,5-7H2,1-4H3,(H2,14,17). The molecule has 1 fully saturated rings. The third-order valence-electron chi connectivity index (χ3n) is 3.89. The van der Waals surface area contributed by atoms with E-state index in [0.717, 1.165) is 19.5 Å². The minimum atomic E-state index is -0.300. The van der Waals surface area contributed by atoms with Gasteiger partial charge in [0, 0.05) is 13.1 Å². The van der Waals surface area contributed by atoms with Crippen LogP contribution in [0.3, 0.4) is 0 Å². The molecule has 1 rings (SSSR count). The van der Waals surface area contributed by atoms with E-state index in [4.69, 9.17) is 18.0 Å². The van der Waals surface area contributed by atoms with E-state index in [1.54, 1.807) is 0 Å². The molecule has 0 aliphatic carbocycles. The van der Waals surface area contributed by atoms with E-state index in [1.807, 2.05) is 18.7 Å². The Morgan fingerprint density at radius 2 is 1.94 bits per heavy atom. The number of carbonyl (C=O) groups excluding carboxylic acids is 1. The van der Waals surface area contributed by atoms with Crippen LogP contribution in [0, 0.1) is 23.7 Å². The molecular formula is C13H24N2OS. The fraction of sp³-hybridized carbons (Fsp3) is 0.846. The van der Waals surface area contributed by atoms with Crippen LogP contribution in [0.15, 0.2) is 0 Å². The van der Waals surface area contributed by atoms with Crippen molar-refractivity contribution in [3.63, 3.8) is 0 Å². The lowest BCUT2D eigenvalue weighted by Gasteiger charge is -2.37. The SMILES string of the molecule is CC(C)C(C(=O)N1CCC(C)C(C)C1)C(N)=S. The summed E-state index contributed by atoms with van der Waals surface area (Å²) in [5.41, 5.74) is 5.69. The van der Waals surface area contributed by atoms with Crippen LogP contribution in [0.1, 0.15) is 34.1 Å². The average Bonchev–Trinajstić information content (AvgIpc) is 2.20. The number of rotatable bonds is 3. The molecule has 1 saturated heterocycles. The molecule has 0 aromatic heterocycles. The summed E-state index contributed by atoms with van der Waals surface area (Å²) >= 11 is 5.02. The Bertz CT molecular complexity index is 304. The van der Waals surface area contributed by atoms with Gasteiger partial charge in [-0.25, -0.2) is 0 Å². The third-order valence-corrected chi connectivity index (χ3v) is 4.14. The summed E-state index contributed by atoms with van der Waals surface area (Å²) in [5, 5.41) is 0. The zero-order valence-corrected chi connectivity index (χ0v) is 12.1. The Hall–Kier alpha value is -0.640. The molecule has 0 radical (unpaired) electrons. The molecule has 1 amide bonds. The molecule has 98 valence electrons. The first-order valence-corrected chi connectivity index (χ1v) is 6.83. The summed E-state index contributed by atoms with van der Waals surface area (Å²) in [5.74, 6) is 1.25. The summed E-state index contributed by atoms with van der Waals surface area (Å²) < 4.78 is 0. The van der Waals surface area contributed by atoms with E-state index in [0.29, 0.717) is 16.8 Å². The Morgan fingerprint density at radius 1 is 1.35 bits per heavy atom. The Balaban J connectivity index is 2.72. The predicted molar refractivity (Wildman–Crippen MR) is 74.6 cm³/mol. The van der Waals surface area contributed by atoms with Crippen molar-refractivity contribution in [1.82, 2.24) is 4.90 Å². The van der Waals surface area contributed by atoms with Crippen LogP contribution in [0.4, 0.5) is 0 Å². The maximum atomic E-state index is 12.4. The van der Waals surface area contributed by atoms with E-state index in [9.17, 15) is 4.79 Å². The van der Waals surface area contributed by atoms with Crippen molar-refractivity contribution in [3.8, 4) is 0 Å². The fourth-order valence-electron chi connectivity index (χ4n) is 2.40. The summed E-state index contributed by atoms with van der Waals surface area (Å²) in [4.78, 5) is 14.7. The second kappa shape index (κ2) is 5.80. The van der Waals surface area contributed by atoms with Crippen molar-refractivity contribution >= 4 is 23.1 Å². The van der Waals surface area contributed by atoms with Gasteiger partial charge in [-0.2, -0.15) is 0 Å². The van der Waals surface area contributed by atoms with Gasteiger partial charge in [-0.3, -0.25) is 4.79 Å². The number of piperidine rings is 1. The summed E-state index contributed by atoms with van der Waals surface area (Å²) in [7, 11) is 0. The molecule has 1 heterocycles. The lowest BCUT2D eigenvalue weighted by atomic mass is 9.87. The first kappa shape index (κ1) is 14.4. The van der Waals surface area contributed by atoms with Crippen LogP contribution < -0.4 is 5.73 Å². The van der Waals surface area contributed by atoms with Crippen molar-refractivity contribution < 1.29 is 4.79 Å². The quantitative estimate of drug-likeness (QED) is 0.786. The van der Waals surface area contributed by atoms with Gasteiger partial charge in [0.05, 0.1) is 10.9 Å². The molecule has 3 unspecified atom stereocenters. The molecule has 4 heteroatoms. The number of hydrogen-bond acceptors (Lipinski definition) is 2. The molecule has 0 bridgehead atoms. The first-order chi connectivity index (χ1) is 7.84. The molecule has 0 saturated carbocycles. The highest BCUT2D eigenvalue weighted by Gasteiger charge is 2.33. The van der Waals surface area contributed by atoms with Gasteiger partial charge in [0.1, 0.15) is 0 Å². The fourth-order valence-corrected chi connectivity index (χ4v) is 2.77. The number of likely N-dealkylation sites (tertiary alicyclic amines) is 1. The maximum absolute atomic E-state index is 12.4. The van der Waals surface area contributed by atoms with Crippen molar-refractivity contribution in [2.45, 2.75) is 34.1 Å². The Kier molecular flexibility index (Phi) is 4.92. The minimum Gasteiger partial charge on any atom is -0.393 e. The predicted octanol–water partition coefficient (Wildman–Crippen LogP) is 2.05. The topological polar surface area (TPSA) is 46.3 Å². The van der Waals surface area contributed by atoms with Crippen molar-refractivity contribution in [3.05, 3.63) is 0 Å². The highest BCUT2D eigenvalue weighted by molar-refractivity contribution is 7.80. The van der Waals surface area contributed by atoms with Gasteiger partial charge >= 0.3 is 0 Å². The molecule has 0 spiro atoms. The van der Waals surface area contributed by atoms with Gasteiger partial charge in [-0.1, -0.05) is 39.9 Å². The number of hydrogen-bond donors (Lipinski definition) is 1. The smallest absolute Gasteiger partial charge is 0.232 e. The summed E-state index contributed by atoms with van der Waals surface area (Å²) in [6, 6.07) is 0. The van der Waals surface area contributed by atoms with Crippen molar-refractivity contribution in [1.29, 1.82) is 0 Å². The highest BCUT2D eigenvalue weighted by Crippen LogP contribution is 2.25. The van der Waals surface area contributed by atoms with Crippen LogP contribution in [-0.2, 0) is 4.79 Å². The Morgan fingerprint density at radius 3 is 2.35 bits per heavy atom. The molecule has 0 aromatic rings. The van der Waals surface area contributed by atoms with Crippen LogP contribution in [0.2, 0.25) is 0 Å². The number of nitrogens with zero attached hydrogens (tertiary/aromatic N) is 1. The van der Waals surface area contributed by atoms with Gasteiger partial charge < -0.3 is 10.6 Å². The average molecular weight is 256 g/mol. The van der Waals surface area contributed by atoms with Crippen LogP contribution >= 0.6 is 12.2 Å². The van der Waals surface area contributed by atoms with Crippen LogP contribution in [-0.4, -0.2) is 28.9 Å². The second-order valence-corrected chi connectivity index (χ2v) is 6.12. The van der Waals surface area contributed by atoms with Gasteiger partial charge in [-0.15, -0.1) is 0 Å². The summed E-state index contributed by atoms with van der Waals surface area (Å²) in [6.07, 6.45) is 1.08. The number of amides is 1.